The predicted octanol–water partition coefficient (Wildman–Crippen LogP) is 2.17. The molecule has 0 amide bonds. The minimum atomic E-state index is -3.89. The molecule has 0 saturated heterocycles. The van der Waals surface area contributed by atoms with Crippen molar-refractivity contribution in [3.63, 3.8) is 0 Å². The third kappa shape index (κ3) is 3.11. The van der Waals surface area contributed by atoms with Crippen LogP contribution in [0.1, 0.15) is 14.7 Å². The number of hydrogen-bond acceptors (Lipinski definition) is 7. The molecule has 0 unspecified atom stereocenters. The van der Waals surface area contributed by atoms with Gasteiger partial charge in [-0.25, -0.2) is 13.2 Å². The maximum Gasteiger partial charge on any atom is 0.345 e. The first-order chi connectivity index (χ1) is 8.79. The lowest BCUT2D eigenvalue weighted by Crippen LogP contribution is -2.12. The van der Waals surface area contributed by atoms with E-state index in [0.29, 0.717) is 5.01 Å². The summed E-state index contributed by atoms with van der Waals surface area (Å²) in [6.45, 7) is 1.69. The van der Waals surface area contributed by atoms with E-state index in [-0.39, 0.29) is 18.7 Å². The van der Waals surface area contributed by atoms with Crippen molar-refractivity contribution in [2.24, 2.45) is 0 Å². The average molecular weight is 384 g/mol. The highest BCUT2D eigenvalue weighted by Crippen LogP contribution is 2.33. The van der Waals surface area contributed by atoms with E-state index in [1.165, 1.54) is 0 Å². The fourth-order valence-electron chi connectivity index (χ4n) is 1.15. The van der Waals surface area contributed by atoms with Crippen LogP contribution in [0, 0.1) is 6.92 Å². The summed E-state index contributed by atoms with van der Waals surface area (Å²) in [6.07, 6.45) is 0. The Hall–Kier alpha value is -1.04. The molecule has 0 aliphatic carbocycles. The Morgan fingerprint density at radius 2 is 2.11 bits per heavy atom. The summed E-state index contributed by atoms with van der Waals surface area (Å²) in [5.74, 6) is -1.18. The fourth-order valence-corrected chi connectivity index (χ4v) is 5.37. The van der Waals surface area contributed by atoms with Gasteiger partial charge in [-0.3, -0.25) is 4.72 Å². The molecule has 19 heavy (non-hydrogen) atoms. The van der Waals surface area contributed by atoms with Crippen LogP contribution in [0.5, 0.6) is 0 Å². The molecule has 0 fully saturated rings. The lowest BCUT2D eigenvalue weighted by Gasteiger charge is -2.02. The monoisotopic (exact) mass is 383 g/mol. The first-order valence-electron chi connectivity index (χ1n) is 4.65. The highest BCUT2D eigenvalue weighted by molar-refractivity contribution is 9.11. The molecule has 102 valence electrons. The van der Waals surface area contributed by atoms with Gasteiger partial charge in [-0.1, -0.05) is 11.3 Å². The fraction of sp³-hybridized carbons (Fsp3) is 0.125. The van der Waals surface area contributed by atoms with Crippen LogP contribution >= 0.6 is 38.6 Å². The largest absolute Gasteiger partial charge is 0.477 e. The maximum absolute atomic E-state index is 12.1. The molecule has 0 radical (unpaired) electrons. The van der Waals surface area contributed by atoms with Crippen LogP contribution in [0.25, 0.3) is 0 Å². The van der Waals surface area contributed by atoms with Gasteiger partial charge in [0.1, 0.15) is 14.8 Å². The molecule has 0 aliphatic heterocycles. The number of aromatic carboxylic acids is 1. The van der Waals surface area contributed by atoms with Crippen molar-refractivity contribution in [1.29, 1.82) is 0 Å². The van der Waals surface area contributed by atoms with Crippen LogP contribution in [-0.2, 0) is 10.0 Å². The number of aryl methyl sites for hydroxylation is 1. The number of sulfonamides is 1. The minimum absolute atomic E-state index is 0.0688. The molecule has 2 aromatic heterocycles. The molecule has 0 aliphatic rings. The van der Waals surface area contributed by atoms with E-state index in [1.54, 1.807) is 6.92 Å². The van der Waals surface area contributed by atoms with Crippen LogP contribution in [0.4, 0.5) is 5.13 Å². The minimum Gasteiger partial charge on any atom is -0.477 e. The smallest absolute Gasteiger partial charge is 0.345 e. The summed E-state index contributed by atoms with van der Waals surface area (Å²) in [4.78, 5) is 10.6. The Bertz CT molecular complexity index is 736. The van der Waals surface area contributed by atoms with Crippen molar-refractivity contribution in [2.45, 2.75) is 11.8 Å². The van der Waals surface area contributed by atoms with E-state index in [2.05, 4.69) is 30.8 Å². The molecule has 7 nitrogen and oxygen atoms in total. The number of nitrogens with one attached hydrogen (secondary N) is 1. The van der Waals surface area contributed by atoms with Crippen LogP contribution in [0.15, 0.2) is 14.7 Å². The van der Waals surface area contributed by atoms with Crippen molar-refractivity contribution in [3.8, 4) is 0 Å². The van der Waals surface area contributed by atoms with Crippen LogP contribution in [0.2, 0.25) is 0 Å². The molecule has 2 aromatic rings. The van der Waals surface area contributed by atoms with Gasteiger partial charge in [0.2, 0.25) is 5.13 Å². The van der Waals surface area contributed by atoms with Gasteiger partial charge in [-0.15, -0.1) is 21.5 Å². The lowest BCUT2D eigenvalue weighted by atomic mass is 10.5. The first-order valence-corrected chi connectivity index (χ1v) is 8.56. The Kier molecular flexibility index (Phi) is 3.90. The summed E-state index contributed by atoms with van der Waals surface area (Å²) in [5.41, 5.74) is 0. The van der Waals surface area contributed by atoms with Gasteiger partial charge in [0.15, 0.2) is 0 Å². The van der Waals surface area contributed by atoms with Crippen molar-refractivity contribution in [3.05, 3.63) is 19.7 Å². The van der Waals surface area contributed by atoms with Gasteiger partial charge in [0, 0.05) is 0 Å². The highest BCUT2D eigenvalue weighted by atomic mass is 79.9. The standard InChI is InChI=1S/C8H6BrN3O4S3/c1-3-10-11-8(17-3)12-19(15,16)5-2-4(7(13)14)18-6(5)9/h2H,1H3,(H,11,12)(H,13,14). The van der Waals surface area contributed by atoms with Crippen molar-refractivity contribution in [1.82, 2.24) is 10.2 Å². The third-order valence-corrected chi connectivity index (χ3v) is 6.37. The summed E-state index contributed by atoms with van der Waals surface area (Å²) < 4.78 is 26.6. The predicted molar refractivity (Wildman–Crippen MR) is 74.4 cm³/mol. The number of carbonyl (C=O) groups is 1. The number of nitrogens with zero attached hydrogens (tertiary/aromatic N) is 2. The summed E-state index contributed by atoms with van der Waals surface area (Å²) in [6, 6.07) is 1.09. The molecule has 11 heteroatoms. The number of carboxylic acid groups (broad SMARTS) is 1. The molecule has 0 aromatic carbocycles. The molecule has 0 atom stereocenters. The number of halogens is 1. The van der Waals surface area contributed by atoms with Gasteiger partial charge in [0.05, 0.1) is 3.79 Å². The Morgan fingerprint density at radius 3 is 2.58 bits per heavy atom. The molecule has 2 heterocycles. The Balaban J connectivity index is 2.37. The second-order valence-electron chi connectivity index (χ2n) is 3.29. The number of rotatable bonds is 4. The average Bonchev–Trinajstić information content (AvgIpc) is 2.85. The number of aromatic nitrogens is 2. The molecular formula is C8H6BrN3O4S3. The SMILES string of the molecule is Cc1nnc(NS(=O)(=O)c2cc(C(=O)O)sc2Br)s1. The zero-order valence-corrected chi connectivity index (χ0v) is 13.3. The lowest BCUT2D eigenvalue weighted by molar-refractivity contribution is 0.0702. The van der Waals surface area contributed by atoms with E-state index in [9.17, 15) is 13.2 Å². The Morgan fingerprint density at radius 1 is 1.42 bits per heavy atom. The highest BCUT2D eigenvalue weighted by Gasteiger charge is 2.24. The topological polar surface area (TPSA) is 109 Å². The second-order valence-corrected chi connectivity index (χ2v) is 8.49. The van der Waals surface area contributed by atoms with Gasteiger partial charge < -0.3 is 5.11 Å². The molecule has 2 N–H and O–H groups in total. The number of hydrogen-bond donors (Lipinski definition) is 2. The van der Waals surface area contributed by atoms with Gasteiger partial charge in [-0.05, 0) is 28.9 Å². The van der Waals surface area contributed by atoms with Gasteiger partial charge in [0.25, 0.3) is 10.0 Å². The Labute approximate surface area is 124 Å². The van der Waals surface area contributed by atoms with Crippen LogP contribution in [-0.4, -0.2) is 29.7 Å². The van der Waals surface area contributed by atoms with E-state index in [1.807, 2.05) is 0 Å². The molecule has 0 bridgehead atoms. The summed E-state index contributed by atoms with van der Waals surface area (Å²) >= 11 is 4.96. The molecule has 0 saturated carbocycles. The summed E-state index contributed by atoms with van der Waals surface area (Å²) in [5, 5.41) is 16.9. The normalized spacial score (nSPS) is 11.5. The first kappa shape index (κ1) is 14.4. The van der Waals surface area contributed by atoms with Crippen LogP contribution < -0.4 is 4.72 Å². The molecule has 2 rings (SSSR count). The maximum atomic E-state index is 12.1. The van der Waals surface area contributed by atoms with Gasteiger partial charge >= 0.3 is 5.97 Å². The van der Waals surface area contributed by atoms with E-state index in [4.69, 9.17) is 5.11 Å². The third-order valence-electron chi connectivity index (χ3n) is 1.90. The second kappa shape index (κ2) is 5.15. The zero-order chi connectivity index (χ0) is 14.2. The number of thiophene rings is 1. The summed E-state index contributed by atoms with van der Waals surface area (Å²) in [7, 11) is -3.89. The van der Waals surface area contributed by atoms with E-state index in [0.717, 1.165) is 28.7 Å². The van der Waals surface area contributed by atoms with Crippen molar-refractivity contribution < 1.29 is 18.3 Å². The van der Waals surface area contributed by atoms with Crippen LogP contribution in [0.3, 0.4) is 0 Å². The number of carboxylic acids is 1. The molecular weight excluding hydrogens is 378 g/mol. The molecule has 0 spiro atoms. The van der Waals surface area contributed by atoms with Gasteiger partial charge in [-0.2, -0.15) is 0 Å². The zero-order valence-electron chi connectivity index (χ0n) is 9.25. The van der Waals surface area contributed by atoms with Crippen molar-refractivity contribution in [2.75, 3.05) is 4.72 Å². The van der Waals surface area contributed by atoms with E-state index < -0.39 is 16.0 Å². The quantitative estimate of drug-likeness (QED) is 0.836. The van der Waals surface area contributed by atoms with E-state index >= 15 is 0 Å². The van der Waals surface area contributed by atoms with Crippen molar-refractivity contribution >= 4 is 59.7 Å². The number of anilines is 1.